The number of hydrogen-bond acceptors (Lipinski definition) is 0. The number of unbranched alkanes of at least 4 members (excludes halogenated alkanes) is 3. The number of hydrogen-bond donors (Lipinski definition) is 0. The molecular formula is C22H27F5. The highest BCUT2D eigenvalue weighted by atomic mass is 19.4. The summed E-state index contributed by atoms with van der Waals surface area (Å²) in [6.45, 7) is 2.21. The van der Waals surface area contributed by atoms with Gasteiger partial charge in [-0.1, -0.05) is 63.0 Å². The SMILES string of the molecule is CCCCCCC1CCC(C#Cc2ccc(C(F)(F)C(F)(F)F)cc2)CC1. The van der Waals surface area contributed by atoms with E-state index in [1.165, 1.54) is 57.1 Å². The highest BCUT2D eigenvalue weighted by Crippen LogP contribution is 2.43. The molecule has 27 heavy (non-hydrogen) atoms. The summed E-state index contributed by atoms with van der Waals surface area (Å²) in [5, 5.41) is 0. The van der Waals surface area contributed by atoms with Crippen molar-refractivity contribution in [3.8, 4) is 11.8 Å². The van der Waals surface area contributed by atoms with Gasteiger partial charge in [-0.2, -0.15) is 22.0 Å². The molecule has 0 amide bonds. The van der Waals surface area contributed by atoms with Gasteiger partial charge in [0.25, 0.3) is 0 Å². The second-order valence-electron chi connectivity index (χ2n) is 7.49. The van der Waals surface area contributed by atoms with Gasteiger partial charge in [0.05, 0.1) is 0 Å². The molecule has 1 fully saturated rings. The molecule has 1 aliphatic rings. The summed E-state index contributed by atoms with van der Waals surface area (Å²) in [4.78, 5) is 0. The van der Waals surface area contributed by atoms with E-state index in [0.717, 1.165) is 30.9 Å². The van der Waals surface area contributed by atoms with Gasteiger partial charge < -0.3 is 0 Å². The molecule has 0 spiro atoms. The molecule has 1 aromatic carbocycles. The molecular weight excluding hydrogens is 359 g/mol. The van der Waals surface area contributed by atoms with Crippen LogP contribution in [0.25, 0.3) is 0 Å². The van der Waals surface area contributed by atoms with Crippen molar-refractivity contribution in [3.05, 3.63) is 35.4 Å². The average molecular weight is 386 g/mol. The molecule has 0 saturated heterocycles. The predicted molar refractivity (Wildman–Crippen MR) is 97.5 cm³/mol. The summed E-state index contributed by atoms with van der Waals surface area (Å²) >= 11 is 0. The number of benzene rings is 1. The van der Waals surface area contributed by atoms with Crippen LogP contribution in [-0.2, 0) is 5.92 Å². The van der Waals surface area contributed by atoms with Gasteiger partial charge in [0.15, 0.2) is 0 Å². The lowest BCUT2D eigenvalue weighted by atomic mass is 9.80. The van der Waals surface area contributed by atoms with Gasteiger partial charge >= 0.3 is 12.1 Å². The lowest BCUT2D eigenvalue weighted by molar-refractivity contribution is -0.289. The first-order chi connectivity index (χ1) is 12.7. The first-order valence-electron chi connectivity index (χ1n) is 9.80. The van der Waals surface area contributed by atoms with E-state index >= 15 is 0 Å². The Morgan fingerprint density at radius 3 is 2.07 bits per heavy atom. The summed E-state index contributed by atoms with van der Waals surface area (Å²) in [5.74, 6) is 2.32. The highest BCUT2D eigenvalue weighted by molar-refractivity contribution is 5.38. The van der Waals surface area contributed by atoms with Gasteiger partial charge in [-0.15, -0.1) is 0 Å². The van der Waals surface area contributed by atoms with Crippen LogP contribution in [0.15, 0.2) is 24.3 Å². The topological polar surface area (TPSA) is 0 Å². The molecule has 0 aliphatic heterocycles. The maximum absolute atomic E-state index is 13.3. The van der Waals surface area contributed by atoms with E-state index in [1.54, 1.807) is 0 Å². The van der Waals surface area contributed by atoms with Crippen molar-refractivity contribution >= 4 is 0 Å². The van der Waals surface area contributed by atoms with Gasteiger partial charge in [-0.3, -0.25) is 0 Å². The minimum Gasteiger partial charge on any atom is -0.191 e. The van der Waals surface area contributed by atoms with Crippen LogP contribution in [0.4, 0.5) is 22.0 Å². The second-order valence-corrected chi connectivity index (χ2v) is 7.49. The van der Waals surface area contributed by atoms with Crippen molar-refractivity contribution in [2.24, 2.45) is 11.8 Å². The molecule has 0 bridgehead atoms. The van der Waals surface area contributed by atoms with Crippen molar-refractivity contribution in [2.45, 2.75) is 76.8 Å². The summed E-state index contributed by atoms with van der Waals surface area (Å²) in [5.41, 5.74) is -0.581. The molecule has 1 saturated carbocycles. The van der Waals surface area contributed by atoms with Crippen LogP contribution in [0.2, 0.25) is 0 Å². The Labute approximate surface area is 158 Å². The fraction of sp³-hybridized carbons (Fsp3) is 0.636. The summed E-state index contributed by atoms with van der Waals surface area (Å²) in [6, 6.07) is 4.10. The van der Waals surface area contributed by atoms with Crippen molar-refractivity contribution in [1.82, 2.24) is 0 Å². The Kier molecular flexibility index (Phi) is 7.70. The van der Waals surface area contributed by atoms with Crippen LogP contribution in [0.1, 0.15) is 75.8 Å². The van der Waals surface area contributed by atoms with Crippen LogP contribution in [0.3, 0.4) is 0 Å². The maximum atomic E-state index is 13.3. The second kappa shape index (κ2) is 9.57. The Balaban J connectivity index is 1.85. The van der Waals surface area contributed by atoms with Crippen LogP contribution < -0.4 is 0 Å². The summed E-state index contributed by atoms with van der Waals surface area (Å²) in [6.07, 6.45) is 5.26. The minimum absolute atomic E-state index is 0.285. The van der Waals surface area contributed by atoms with Crippen LogP contribution in [-0.4, -0.2) is 6.18 Å². The third kappa shape index (κ3) is 6.23. The van der Waals surface area contributed by atoms with E-state index < -0.39 is 17.7 Å². The highest BCUT2D eigenvalue weighted by Gasteiger charge is 2.58. The van der Waals surface area contributed by atoms with E-state index in [2.05, 4.69) is 18.8 Å². The smallest absolute Gasteiger partial charge is 0.191 e. The van der Waals surface area contributed by atoms with Gasteiger partial charge in [0.1, 0.15) is 0 Å². The molecule has 150 valence electrons. The van der Waals surface area contributed by atoms with E-state index in [1.807, 2.05) is 0 Å². The first kappa shape index (κ1) is 21.7. The van der Waals surface area contributed by atoms with E-state index in [4.69, 9.17) is 0 Å². The van der Waals surface area contributed by atoms with Gasteiger partial charge in [-0.25, -0.2) is 0 Å². The molecule has 1 aliphatic carbocycles. The maximum Gasteiger partial charge on any atom is 0.458 e. The standard InChI is InChI=1S/C22H27F5/c1-2-3-4-5-6-17-7-9-18(10-8-17)11-12-19-13-15-20(16-14-19)21(23,24)22(25,26)27/h13-18H,2-10H2,1H3. The minimum atomic E-state index is -5.59. The summed E-state index contributed by atoms with van der Waals surface area (Å²) in [7, 11) is 0. The van der Waals surface area contributed by atoms with Crippen molar-refractivity contribution in [1.29, 1.82) is 0 Å². The lowest BCUT2D eigenvalue weighted by Crippen LogP contribution is -2.33. The average Bonchev–Trinajstić information content (AvgIpc) is 2.64. The Hall–Kier alpha value is -1.57. The molecule has 5 heteroatoms. The van der Waals surface area contributed by atoms with Gasteiger partial charge in [0, 0.05) is 17.0 Å². The zero-order chi connectivity index (χ0) is 19.9. The Bertz CT molecular complexity index is 625. The van der Waals surface area contributed by atoms with Crippen molar-refractivity contribution in [2.75, 3.05) is 0 Å². The molecule has 0 radical (unpaired) electrons. The molecule has 0 heterocycles. The van der Waals surface area contributed by atoms with Gasteiger partial charge in [-0.05, 0) is 43.7 Å². The molecule has 0 N–H and O–H groups in total. The lowest BCUT2D eigenvalue weighted by Gasteiger charge is -2.25. The number of rotatable bonds is 6. The molecule has 1 aromatic rings. The van der Waals surface area contributed by atoms with Crippen LogP contribution in [0, 0.1) is 23.7 Å². The Morgan fingerprint density at radius 2 is 1.52 bits per heavy atom. The number of alkyl halides is 5. The number of halogens is 5. The zero-order valence-electron chi connectivity index (χ0n) is 15.7. The normalized spacial score (nSPS) is 20.8. The predicted octanol–water partition coefficient (Wildman–Crippen LogP) is 7.47. The molecule has 0 aromatic heterocycles. The largest absolute Gasteiger partial charge is 0.458 e. The first-order valence-corrected chi connectivity index (χ1v) is 9.80. The van der Waals surface area contributed by atoms with E-state index in [9.17, 15) is 22.0 Å². The van der Waals surface area contributed by atoms with Crippen LogP contribution in [0.5, 0.6) is 0 Å². The monoisotopic (exact) mass is 386 g/mol. The molecule has 0 atom stereocenters. The van der Waals surface area contributed by atoms with E-state index in [-0.39, 0.29) is 5.92 Å². The Morgan fingerprint density at radius 1 is 0.889 bits per heavy atom. The van der Waals surface area contributed by atoms with E-state index in [0.29, 0.717) is 5.56 Å². The molecule has 0 unspecified atom stereocenters. The fourth-order valence-electron chi connectivity index (χ4n) is 3.57. The molecule has 2 rings (SSSR count). The third-order valence-electron chi connectivity index (χ3n) is 5.34. The van der Waals surface area contributed by atoms with Crippen molar-refractivity contribution < 1.29 is 22.0 Å². The summed E-state index contributed by atoms with van der Waals surface area (Å²) < 4.78 is 63.7. The van der Waals surface area contributed by atoms with Crippen LogP contribution >= 0.6 is 0 Å². The zero-order valence-corrected chi connectivity index (χ0v) is 15.7. The van der Waals surface area contributed by atoms with Crippen molar-refractivity contribution in [3.63, 3.8) is 0 Å². The van der Waals surface area contributed by atoms with Gasteiger partial charge in [0.2, 0.25) is 0 Å². The quantitative estimate of drug-likeness (QED) is 0.270. The molecule has 0 nitrogen and oxygen atoms in total. The third-order valence-corrected chi connectivity index (χ3v) is 5.34. The fourth-order valence-corrected chi connectivity index (χ4v) is 3.57.